The maximum atomic E-state index is 12.7. The molecule has 0 aliphatic heterocycles. The zero-order valence-corrected chi connectivity index (χ0v) is 40.9. The normalized spacial score (nSPS) is 12.4. The Labute approximate surface area is 374 Å². The van der Waals surface area contributed by atoms with Gasteiger partial charge >= 0.3 is 17.9 Å². The molecule has 6 nitrogen and oxygen atoms in total. The molecule has 0 N–H and O–H groups in total. The van der Waals surface area contributed by atoms with Crippen LogP contribution < -0.4 is 0 Å². The molecule has 0 spiro atoms. The lowest BCUT2D eigenvalue weighted by molar-refractivity contribution is -0.167. The van der Waals surface area contributed by atoms with Crippen molar-refractivity contribution in [2.24, 2.45) is 5.92 Å². The quantitative estimate of drug-likeness (QED) is 0.0345. The molecule has 2 atom stereocenters. The monoisotopic (exact) mass is 849 g/mol. The molecule has 60 heavy (non-hydrogen) atoms. The van der Waals surface area contributed by atoms with E-state index in [2.05, 4.69) is 27.7 Å². The number of hydrogen-bond donors (Lipinski definition) is 0. The molecule has 0 aliphatic rings. The van der Waals surface area contributed by atoms with Gasteiger partial charge < -0.3 is 14.2 Å². The third-order valence-electron chi connectivity index (χ3n) is 12.7. The number of hydrogen-bond acceptors (Lipinski definition) is 6. The van der Waals surface area contributed by atoms with E-state index < -0.39 is 6.10 Å². The van der Waals surface area contributed by atoms with Crippen LogP contribution in [0.1, 0.15) is 304 Å². The van der Waals surface area contributed by atoms with Crippen LogP contribution in [0.3, 0.4) is 0 Å². The summed E-state index contributed by atoms with van der Waals surface area (Å²) in [7, 11) is 0. The average Bonchev–Trinajstić information content (AvgIpc) is 3.25. The molecule has 0 fully saturated rings. The largest absolute Gasteiger partial charge is 0.462 e. The van der Waals surface area contributed by atoms with Crippen LogP contribution >= 0.6 is 0 Å². The Hall–Kier alpha value is -1.59. The van der Waals surface area contributed by atoms with Crippen molar-refractivity contribution in [3.05, 3.63) is 0 Å². The van der Waals surface area contributed by atoms with Gasteiger partial charge in [-0.05, 0) is 25.2 Å². The lowest BCUT2D eigenvalue weighted by atomic mass is 9.99. The molecule has 0 saturated heterocycles. The van der Waals surface area contributed by atoms with E-state index in [-0.39, 0.29) is 31.1 Å². The van der Waals surface area contributed by atoms with Crippen LogP contribution in [0.4, 0.5) is 0 Å². The van der Waals surface area contributed by atoms with Gasteiger partial charge in [0.2, 0.25) is 0 Å². The number of ether oxygens (including phenoxy) is 3. The predicted octanol–water partition coefficient (Wildman–Crippen LogP) is 17.5. The smallest absolute Gasteiger partial charge is 0.306 e. The predicted molar refractivity (Wildman–Crippen MR) is 257 cm³/mol. The molecule has 0 aromatic rings. The third kappa shape index (κ3) is 45.9. The summed E-state index contributed by atoms with van der Waals surface area (Å²) in [5, 5.41) is 0. The van der Waals surface area contributed by atoms with Crippen LogP contribution in [-0.2, 0) is 28.6 Å². The minimum atomic E-state index is -0.759. The fourth-order valence-corrected chi connectivity index (χ4v) is 8.19. The molecule has 0 rings (SSSR count). The van der Waals surface area contributed by atoms with E-state index in [9.17, 15) is 14.4 Å². The van der Waals surface area contributed by atoms with Crippen molar-refractivity contribution >= 4 is 17.9 Å². The van der Waals surface area contributed by atoms with Crippen LogP contribution in [0.2, 0.25) is 0 Å². The molecule has 0 aliphatic carbocycles. The number of carbonyl (C=O) groups excluding carboxylic acids is 3. The van der Waals surface area contributed by atoms with Gasteiger partial charge in [-0.3, -0.25) is 14.4 Å². The van der Waals surface area contributed by atoms with Gasteiger partial charge in [0, 0.05) is 19.3 Å². The summed E-state index contributed by atoms with van der Waals surface area (Å²) < 4.78 is 16.8. The molecule has 0 bridgehead atoms. The van der Waals surface area contributed by atoms with Gasteiger partial charge in [0.1, 0.15) is 13.2 Å². The lowest BCUT2D eigenvalue weighted by Gasteiger charge is -2.18. The van der Waals surface area contributed by atoms with Crippen molar-refractivity contribution in [1.29, 1.82) is 0 Å². The maximum absolute atomic E-state index is 12.7. The number of rotatable bonds is 49. The summed E-state index contributed by atoms with van der Waals surface area (Å²) in [4.78, 5) is 37.8. The van der Waals surface area contributed by atoms with Crippen molar-refractivity contribution < 1.29 is 28.6 Å². The zero-order valence-electron chi connectivity index (χ0n) is 40.9. The van der Waals surface area contributed by atoms with Gasteiger partial charge in [0.15, 0.2) is 6.10 Å². The first-order valence-corrected chi connectivity index (χ1v) is 26.9. The molecular weight excluding hydrogens is 745 g/mol. The Morgan fingerprint density at radius 2 is 0.583 bits per heavy atom. The molecule has 0 aromatic carbocycles. The summed E-state index contributed by atoms with van der Waals surface area (Å²) >= 11 is 0. The van der Waals surface area contributed by atoms with Crippen molar-refractivity contribution in [2.45, 2.75) is 310 Å². The van der Waals surface area contributed by atoms with E-state index in [1.54, 1.807) is 0 Å². The van der Waals surface area contributed by atoms with Crippen LogP contribution in [0, 0.1) is 5.92 Å². The summed E-state index contributed by atoms with van der Waals surface area (Å²) in [5.41, 5.74) is 0. The van der Waals surface area contributed by atoms with Crippen LogP contribution in [0.15, 0.2) is 0 Å². The molecule has 0 radical (unpaired) electrons. The van der Waals surface area contributed by atoms with Gasteiger partial charge in [-0.1, -0.05) is 265 Å². The molecular formula is C54H104O6. The highest BCUT2D eigenvalue weighted by Gasteiger charge is 2.19. The first-order chi connectivity index (χ1) is 29.4. The van der Waals surface area contributed by atoms with Gasteiger partial charge in [-0.25, -0.2) is 0 Å². The standard InChI is InChI=1S/C54H104O6/c1-5-8-10-12-14-16-29-33-37-41-45-52(55)58-48-51(60-54(57)47-43-39-35-30-17-15-13-11-9-6-2)49-59-53(56)46-42-38-34-31-27-25-23-21-19-18-20-22-24-26-28-32-36-40-44-50(4)7-3/h50-51H,5-49H2,1-4H3/t50?,51-/m0/s1. The molecule has 356 valence electrons. The maximum Gasteiger partial charge on any atom is 0.306 e. The number of unbranched alkanes of at least 4 members (excludes halogenated alkanes) is 35. The highest BCUT2D eigenvalue weighted by Crippen LogP contribution is 2.18. The van der Waals surface area contributed by atoms with Crippen LogP contribution in [-0.4, -0.2) is 37.2 Å². The molecule has 6 heteroatoms. The molecule has 0 heterocycles. The Morgan fingerprint density at radius 1 is 0.333 bits per heavy atom. The Kier molecular flexibility index (Phi) is 47.2. The average molecular weight is 849 g/mol. The lowest BCUT2D eigenvalue weighted by Crippen LogP contribution is -2.30. The van der Waals surface area contributed by atoms with Crippen molar-refractivity contribution in [3.63, 3.8) is 0 Å². The van der Waals surface area contributed by atoms with E-state index in [1.165, 1.54) is 199 Å². The Bertz CT molecular complexity index is 905. The minimum absolute atomic E-state index is 0.0626. The minimum Gasteiger partial charge on any atom is -0.462 e. The zero-order chi connectivity index (χ0) is 43.8. The molecule has 0 saturated carbocycles. The van der Waals surface area contributed by atoms with Crippen molar-refractivity contribution in [1.82, 2.24) is 0 Å². The SMILES string of the molecule is CCCCCCCCCCCCC(=O)OC[C@@H](COC(=O)CCCCCCCCCCCCCCCCCCCCC(C)CC)OC(=O)CCCCCCCCCCCC. The second-order valence-corrected chi connectivity index (χ2v) is 18.8. The second-order valence-electron chi connectivity index (χ2n) is 18.8. The fraction of sp³-hybridized carbons (Fsp3) is 0.944. The summed E-state index contributed by atoms with van der Waals surface area (Å²) in [5.74, 6) is 0.0640. The van der Waals surface area contributed by atoms with Crippen LogP contribution in [0.25, 0.3) is 0 Å². The van der Waals surface area contributed by atoms with Gasteiger partial charge in [-0.2, -0.15) is 0 Å². The Morgan fingerprint density at radius 3 is 0.867 bits per heavy atom. The van der Waals surface area contributed by atoms with E-state index in [1.807, 2.05) is 0 Å². The number of esters is 3. The van der Waals surface area contributed by atoms with E-state index >= 15 is 0 Å². The molecule has 1 unspecified atom stereocenters. The van der Waals surface area contributed by atoms with Gasteiger partial charge in [0.25, 0.3) is 0 Å². The van der Waals surface area contributed by atoms with Crippen molar-refractivity contribution in [3.8, 4) is 0 Å². The van der Waals surface area contributed by atoms with E-state index in [0.29, 0.717) is 19.3 Å². The van der Waals surface area contributed by atoms with Gasteiger partial charge in [-0.15, -0.1) is 0 Å². The molecule has 0 amide bonds. The summed E-state index contributed by atoms with van der Waals surface area (Å²) in [6, 6.07) is 0. The topological polar surface area (TPSA) is 78.9 Å². The Balaban J connectivity index is 4.14. The molecule has 0 aromatic heterocycles. The first-order valence-electron chi connectivity index (χ1n) is 26.9. The van der Waals surface area contributed by atoms with Crippen LogP contribution in [0.5, 0.6) is 0 Å². The number of carbonyl (C=O) groups is 3. The van der Waals surface area contributed by atoms with E-state index in [0.717, 1.165) is 63.7 Å². The summed E-state index contributed by atoms with van der Waals surface area (Å²) in [6.07, 6.45) is 50.9. The van der Waals surface area contributed by atoms with E-state index in [4.69, 9.17) is 14.2 Å². The van der Waals surface area contributed by atoms with Gasteiger partial charge in [0.05, 0.1) is 0 Å². The second kappa shape index (κ2) is 48.4. The summed E-state index contributed by atoms with van der Waals surface area (Å²) in [6.45, 7) is 9.06. The highest BCUT2D eigenvalue weighted by atomic mass is 16.6. The highest BCUT2D eigenvalue weighted by molar-refractivity contribution is 5.71. The third-order valence-corrected chi connectivity index (χ3v) is 12.7. The van der Waals surface area contributed by atoms with Crippen molar-refractivity contribution in [2.75, 3.05) is 13.2 Å². The fourth-order valence-electron chi connectivity index (χ4n) is 8.19. The first kappa shape index (κ1) is 58.4.